The lowest BCUT2D eigenvalue weighted by atomic mass is 9.82. The summed E-state index contributed by atoms with van der Waals surface area (Å²) in [5.41, 5.74) is 0.0939. The number of ketones is 1. The van der Waals surface area contributed by atoms with Crippen LogP contribution in [0, 0.1) is 0 Å². The number of esters is 1. The van der Waals surface area contributed by atoms with Gasteiger partial charge in [0.15, 0.2) is 11.4 Å². The molecule has 1 saturated carbocycles. The molecule has 1 aliphatic carbocycles. The van der Waals surface area contributed by atoms with Crippen molar-refractivity contribution in [3.8, 4) is 0 Å². The second kappa shape index (κ2) is 6.04. The van der Waals surface area contributed by atoms with Crippen molar-refractivity contribution in [1.29, 1.82) is 0 Å². The number of ether oxygens (including phenoxy) is 1. The summed E-state index contributed by atoms with van der Waals surface area (Å²) < 4.78 is 5.57. The molecule has 2 rings (SSSR count). The van der Waals surface area contributed by atoms with Gasteiger partial charge in [-0.05, 0) is 38.2 Å². The lowest BCUT2D eigenvalue weighted by Crippen LogP contribution is -2.43. The molecule has 0 aromatic heterocycles. The van der Waals surface area contributed by atoms with Gasteiger partial charge in [-0.3, -0.25) is 4.79 Å². The minimum atomic E-state index is -0.937. The number of hydrogen-bond donors (Lipinski definition) is 0. The molecule has 0 radical (unpaired) electrons. The van der Waals surface area contributed by atoms with Gasteiger partial charge >= 0.3 is 5.97 Å². The average molecular weight is 272 g/mol. The Morgan fingerprint density at radius 2 is 1.70 bits per heavy atom. The van der Waals surface area contributed by atoms with E-state index in [1.807, 2.05) is 30.3 Å². The minimum absolute atomic E-state index is 0.0635. The Balaban J connectivity index is 2.13. The Kier molecular flexibility index (Phi) is 4.38. The summed E-state index contributed by atoms with van der Waals surface area (Å²) in [6, 6.07) is 9.18. The highest BCUT2D eigenvalue weighted by atomic mass is 16.6. The first-order valence-corrected chi connectivity index (χ1v) is 7.04. The van der Waals surface area contributed by atoms with Crippen LogP contribution in [0.5, 0.6) is 0 Å². The monoisotopic (exact) mass is 272 g/mol. The van der Waals surface area contributed by atoms with Gasteiger partial charge in [0.2, 0.25) is 0 Å². The fraction of sp³-hybridized carbons (Fsp3) is 0.412. The second-order valence-corrected chi connectivity index (χ2v) is 5.35. The van der Waals surface area contributed by atoms with Gasteiger partial charge in [0, 0.05) is 0 Å². The van der Waals surface area contributed by atoms with E-state index in [0.717, 1.165) is 24.8 Å². The lowest BCUT2D eigenvalue weighted by Gasteiger charge is -2.34. The maximum absolute atomic E-state index is 12.2. The summed E-state index contributed by atoms with van der Waals surface area (Å²) in [5.74, 6) is -0.556. The first-order chi connectivity index (χ1) is 9.55. The van der Waals surface area contributed by atoms with Crippen LogP contribution in [-0.4, -0.2) is 17.4 Å². The van der Waals surface area contributed by atoms with Gasteiger partial charge in [-0.25, -0.2) is 4.79 Å². The molecule has 1 fully saturated rings. The molecule has 1 aliphatic rings. The standard InChI is InChI=1S/C17H20O3/c1-13(15-9-5-3-6-10-15)16(19)20-17(14(2)18)11-7-4-8-12-17/h3,5-6,9-10H,1,4,7-8,11-12H2,2H3. The molecule has 1 aromatic carbocycles. The van der Waals surface area contributed by atoms with E-state index in [2.05, 4.69) is 6.58 Å². The predicted octanol–water partition coefficient (Wildman–Crippen LogP) is 3.53. The highest BCUT2D eigenvalue weighted by Crippen LogP contribution is 2.33. The van der Waals surface area contributed by atoms with Crippen LogP contribution in [0.25, 0.3) is 5.57 Å². The summed E-state index contributed by atoms with van der Waals surface area (Å²) >= 11 is 0. The summed E-state index contributed by atoms with van der Waals surface area (Å²) in [6.07, 6.45) is 4.17. The highest BCUT2D eigenvalue weighted by molar-refractivity contribution is 6.16. The Labute approximate surface area is 119 Å². The highest BCUT2D eigenvalue weighted by Gasteiger charge is 2.40. The fourth-order valence-electron chi connectivity index (χ4n) is 2.65. The van der Waals surface area contributed by atoms with Gasteiger partial charge in [-0.2, -0.15) is 0 Å². The van der Waals surface area contributed by atoms with E-state index in [4.69, 9.17) is 4.74 Å². The molecule has 0 N–H and O–H groups in total. The van der Waals surface area contributed by atoms with E-state index in [9.17, 15) is 9.59 Å². The molecule has 0 heterocycles. The molecule has 20 heavy (non-hydrogen) atoms. The third-order valence-electron chi connectivity index (χ3n) is 3.96. The Bertz CT molecular complexity index is 510. The molecule has 0 unspecified atom stereocenters. The first-order valence-electron chi connectivity index (χ1n) is 7.04. The number of hydrogen-bond acceptors (Lipinski definition) is 3. The van der Waals surface area contributed by atoms with E-state index in [0.29, 0.717) is 18.4 Å². The molecule has 0 saturated heterocycles. The van der Waals surface area contributed by atoms with Crippen molar-refractivity contribution in [1.82, 2.24) is 0 Å². The Morgan fingerprint density at radius 1 is 1.10 bits per heavy atom. The molecule has 3 heteroatoms. The molecule has 0 amide bonds. The van der Waals surface area contributed by atoms with Gasteiger partial charge in [0.1, 0.15) is 0 Å². The average Bonchev–Trinajstić information content (AvgIpc) is 2.48. The van der Waals surface area contributed by atoms with Crippen molar-refractivity contribution in [2.24, 2.45) is 0 Å². The quantitative estimate of drug-likeness (QED) is 0.622. The van der Waals surface area contributed by atoms with E-state index in [-0.39, 0.29) is 5.78 Å². The van der Waals surface area contributed by atoms with Crippen LogP contribution in [0.3, 0.4) is 0 Å². The van der Waals surface area contributed by atoms with Crippen LogP contribution in [0.1, 0.15) is 44.6 Å². The van der Waals surface area contributed by atoms with Crippen LogP contribution >= 0.6 is 0 Å². The van der Waals surface area contributed by atoms with Crippen molar-refractivity contribution in [3.63, 3.8) is 0 Å². The molecule has 3 nitrogen and oxygen atoms in total. The zero-order valence-corrected chi connectivity index (χ0v) is 11.9. The fourth-order valence-corrected chi connectivity index (χ4v) is 2.65. The van der Waals surface area contributed by atoms with E-state index in [1.54, 1.807) is 0 Å². The van der Waals surface area contributed by atoms with Crippen molar-refractivity contribution >= 4 is 17.3 Å². The molecular weight excluding hydrogens is 252 g/mol. The van der Waals surface area contributed by atoms with Gasteiger partial charge in [0.25, 0.3) is 0 Å². The van der Waals surface area contributed by atoms with Crippen molar-refractivity contribution in [3.05, 3.63) is 42.5 Å². The zero-order chi connectivity index (χ0) is 14.6. The van der Waals surface area contributed by atoms with Crippen molar-refractivity contribution in [2.45, 2.75) is 44.6 Å². The van der Waals surface area contributed by atoms with E-state index < -0.39 is 11.6 Å². The SMILES string of the molecule is C=C(C(=O)OC1(C(C)=O)CCCCC1)c1ccccc1. The van der Waals surface area contributed by atoms with E-state index in [1.165, 1.54) is 6.92 Å². The first kappa shape index (κ1) is 14.5. The van der Waals surface area contributed by atoms with Crippen LogP contribution < -0.4 is 0 Å². The van der Waals surface area contributed by atoms with Gasteiger partial charge in [0.05, 0.1) is 5.57 Å². The summed E-state index contributed by atoms with van der Waals surface area (Å²) in [5, 5.41) is 0. The summed E-state index contributed by atoms with van der Waals surface area (Å²) in [4.78, 5) is 24.2. The number of benzene rings is 1. The Morgan fingerprint density at radius 3 is 2.25 bits per heavy atom. The lowest BCUT2D eigenvalue weighted by molar-refractivity contribution is -0.164. The third-order valence-corrected chi connectivity index (χ3v) is 3.96. The number of Topliss-reactive ketones (excluding diaryl/α,β-unsaturated/α-hetero) is 1. The normalized spacial score (nSPS) is 17.2. The van der Waals surface area contributed by atoms with Crippen molar-refractivity contribution in [2.75, 3.05) is 0 Å². The molecule has 0 bridgehead atoms. The number of carbonyl (C=O) groups excluding carboxylic acids is 2. The van der Waals surface area contributed by atoms with Crippen LogP contribution in [0.4, 0.5) is 0 Å². The predicted molar refractivity (Wildman–Crippen MR) is 78.1 cm³/mol. The Hall–Kier alpha value is -1.90. The third kappa shape index (κ3) is 2.98. The number of carbonyl (C=O) groups is 2. The zero-order valence-electron chi connectivity index (χ0n) is 11.9. The summed E-state index contributed by atoms with van der Waals surface area (Å²) in [7, 11) is 0. The maximum Gasteiger partial charge on any atom is 0.339 e. The minimum Gasteiger partial charge on any atom is -0.447 e. The second-order valence-electron chi connectivity index (χ2n) is 5.35. The molecular formula is C17H20O3. The topological polar surface area (TPSA) is 43.4 Å². The maximum atomic E-state index is 12.2. The van der Waals surface area contributed by atoms with Crippen LogP contribution in [0.15, 0.2) is 36.9 Å². The number of rotatable bonds is 4. The van der Waals surface area contributed by atoms with Gasteiger partial charge in [-0.1, -0.05) is 43.3 Å². The molecule has 0 aliphatic heterocycles. The van der Waals surface area contributed by atoms with Crippen LogP contribution in [-0.2, 0) is 14.3 Å². The largest absolute Gasteiger partial charge is 0.447 e. The summed E-state index contributed by atoms with van der Waals surface area (Å²) in [6.45, 7) is 5.30. The molecule has 0 atom stereocenters. The van der Waals surface area contributed by atoms with Crippen LogP contribution in [0.2, 0.25) is 0 Å². The molecule has 1 aromatic rings. The van der Waals surface area contributed by atoms with Gasteiger partial charge < -0.3 is 4.74 Å². The smallest absolute Gasteiger partial charge is 0.339 e. The van der Waals surface area contributed by atoms with Crippen molar-refractivity contribution < 1.29 is 14.3 Å². The van der Waals surface area contributed by atoms with E-state index >= 15 is 0 Å². The molecule has 0 spiro atoms. The molecule has 106 valence electrons. The van der Waals surface area contributed by atoms with Gasteiger partial charge in [-0.15, -0.1) is 0 Å².